The molecule has 2 heterocycles. The first-order valence-corrected chi connectivity index (χ1v) is 35.2. The van der Waals surface area contributed by atoms with Gasteiger partial charge >= 0.3 is 0 Å². The van der Waals surface area contributed by atoms with Crippen LogP contribution in [0, 0.1) is 74.9 Å². The smallest absolute Gasteiger partial charge is 0.189 e. The van der Waals surface area contributed by atoms with E-state index in [9.17, 15) is 30.6 Å². The van der Waals surface area contributed by atoms with E-state index >= 15 is 4.79 Å². The van der Waals surface area contributed by atoms with Crippen LogP contribution in [0.25, 0.3) is 0 Å². The molecule has 0 unspecified atom stereocenters. The molecule has 7 fully saturated rings. The Hall–Kier alpha value is -5.68. The molecule has 3 aromatic rings. The summed E-state index contributed by atoms with van der Waals surface area (Å²) in [5, 5.41) is 79.0. The maximum absolute atomic E-state index is 16.1. The molecule has 12 heteroatoms. The maximum Gasteiger partial charge on any atom is 0.189 e. The van der Waals surface area contributed by atoms with E-state index in [2.05, 4.69) is 90.9 Å². The van der Waals surface area contributed by atoms with Gasteiger partial charge in [0.15, 0.2) is 23.2 Å². The van der Waals surface area contributed by atoms with Gasteiger partial charge in [-0.05, 0) is 202 Å². The fraction of sp³-hybridized carbons (Fsp3) is 0.615. The number of ether oxygens (including phenoxy) is 2. The number of nitrogens with one attached hydrogen (secondary N) is 1. The Kier molecular flexibility index (Phi) is 14.7. The number of fused-ring (bicyclic) bond motifs is 12. The largest absolute Gasteiger partial charge is 0.508 e. The zero-order valence-electron chi connectivity index (χ0n) is 52.9. The third kappa shape index (κ3) is 8.97. The summed E-state index contributed by atoms with van der Waals surface area (Å²) in [5.74, 6) is 6.60. The minimum absolute atomic E-state index is 0.0158. The van der Waals surface area contributed by atoms with Crippen molar-refractivity contribution in [2.45, 2.75) is 202 Å². The van der Waals surface area contributed by atoms with E-state index in [-0.39, 0.29) is 97.2 Å². The van der Waals surface area contributed by atoms with Crippen LogP contribution in [-0.2, 0) is 26.9 Å². The summed E-state index contributed by atoms with van der Waals surface area (Å²) in [6, 6.07) is 16.8. The first kappa shape index (κ1) is 59.3. The number of aliphatic hydroxyl groups is 4. The molecule has 9 N–H and O–H groups in total. The maximum atomic E-state index is 16.1. The summed E-state index contributed by atoms with van der Waals surface area (Å²) in [6.45, 7) is 2.25. The first-order valence-electron chi connectivity index (χ1n) is 35.2. The first-order chi connectivity index (χ1) is 43.7. The number of phenolic OH excluding ortho intramolecular Hbond substituents is 2. The zero-order valence-corrected chi connectivity index (χ0v) is 52.9. The molecule has 13 aliphatic rings. The van der Waals surface area contributed by atoms with Crippen molar-refractivity contribution in [1.82, 2.24) is 5.32 Å². The number of Topliss-reactive ketones (excluding diaryl/α,β-unsaturated/α-hetero) is 1. The predicted octanol–water partition coefficient (Wildman–Crippen LogP) is 12.0. The molecule has 0 amide bonds. The zero-order chi connectivity index (χ0) is 61.5. The molecule has 90 heavy (non-hydrogen) atoms. The van der Waals surface area contributed by atoms with Crippen molar-refractivity contribution in [3.63, 3.8) is 0 Å². The molecule has 16 rings (SSSR count). The number of aliphatic imine (C=N–C) groups is 1. The summed E-state index contributed by atoms with van der Waals surface area (Å²) >= 11 is 0. The minimum atomic E-state index is -1.06. The number of hydrogen-bond donors (Lipinski definition) is 8. The third-order valence-electron chi connectivity index (χ3n) is 26.9. The number of benzene rings is 3. The van der Waals surface area contributed by atoms with E-state index in [0.717, 1.165) is 154 Å². The van der Waals surface area contributed by atoms with Gasteiger partial charge in [-0.15, -0.1) is 0 Å². The Labute approximate surface area is 532 Å². The van der Waals surface area contributed by atoms with Crippen LogP contribution >= 0.6 is 0 Å². The number of hydrogen-bond acceptors (Lipinski definition) is 12. The van der Waals surface area contributed by atoms with E-state index in [1.807, 2.05) is 12.1 Å². The van der Waals surface area contributed by atoms with E-state index in [1.165, 1.54) is 11.1 Å². The Morgan fingerprint density at radius 2 is 1.64 bits per heavy atom. The minimum Gasteiger partial charge on any atom is -0.508 e. The molecule has 0 aromatic heterocycles. The quantitative estimate of drug-likeness (QED) is 0.0861. The number of carbonyl (C=O) groups excluding carboxylic acids is 1. The lowest BCUT2D eigenvalue weighted by molar-refractivity contribution is -0.234. The highest BCUT2D eigenvalue weighted by atomic mass is 16.5. The summed E-state index contributed by atoms with van der Waals surface area (Å²) in [7, 11) is 0. The second-order valence-corrected chi connectivity index (χ2v) is 31.5. The van der Waals surface area contributed by atoms with Crippen molar-refractivity contribution in [2.75, 3.05) is 33.0 Å². The fourth-order valence-corrected chi connectivity index (χ4v) is 23.5. The van der Waals surface area contributed by atoms with Crippen LogP contribution in [0.4, 0.5) is 0 Å². The molecule has 14 bridgehead atoms. The van der Waals surface area contributed by atoms with Gasteiger partial charge in [-0.25, -0.2) is 4.99 Å². The second kappa shape index (κ2) is 22.2. The van der Waals surface area contributed by atoms with Crippen molar-refractivity contribution in [3.8, 4) is 29.1 Å². The molecule has 12 nitrogen and oxygen atoms in total. The standard InChI is InChI=1S/C78H95N3O9/c1-46-35-76-26-20-49-31-50-37-73(44-84)21-8-5-19-61(73)60(42-83)66(50)63(87)33-58(49)59-34-64(90-56-16-3-4-17-56)70(88)67-57(59)18-12-15-54(80-72(79)81-78(24-6-2-7-25-78)51-14-11-13-47(28-51)27-48-29-52(76)32-55(86)30-48)38-74(45-85)40-65(76)77(36-46)39-62-71(69(74)68(67)77)89-43-53(41-82)75(62)22-9-10-23-75/h8,11,13-14,20-21,26,28-30,32,34,40,46,49-50,53-54,56,58,61-62,68-69,71,82-86,88H,2-7,9-10,15-17,19,22-25,27,31,33,35-39,41-45H2,1H3,(H3,79,80,81)/b26-20+/t46-,49+,50+,53+,54-,58-,61-,62-,68-,69+,71-,73+,74-,76-,77+/m1/s1. The number of nitrogens with two attached hydrogens (primary N) is 1. The summed E-state index contributed by atoms with van der Waals surface area (Å²) in [6.07, 6.45) is 30.4. The monoisotopic (exact) mass is 1220 g/mol. The van der Waals surface area contributed by atoms with Gasteiger partial charge in [0.25, 0.3) is 0 Å². The highest BCUT2D eigenvalue weighted by molar-refractivity contribution is 5.98. The van der Waals surface area contributed by atoms with Crippen molar-refractivity contribution in [3.05, 3.63) is 135 Å². The fourth-order valence-electron chi connectivity index (χ4n) is 23.5. The van der Waals surface area contributed by atoms with Gasteiger partial charge in [-0.3, -0.25) is 4.79 Å². The molecule has 15 atom stereocenters. The Balaban J connectivity index is 1.04. The van der Waals surface area contributed by atoms with Gasteiger partial charge in [-0.2, -0.15) is 0 Å². The molecule has 3 spiro atoms. The van der Waals surface area contributed by atoms with Crippen molar-refractivity contribution >= 4 is 11.7 Å². The lowest BCUT2D eigenvalue weighted by Crippen LogP contribution is -2.68. The van der Waals surface area contributed by atoms with Crippen molar-refractivity contribution < 1.29 is 44.9 Å². The molecule has 6 saturated carbocycles. The lowest BCUT2D eigenvalue weighted by atomic mass is 9.34. The average molecular weight is 1220 g/mol. The SMILES string of the molecule is C[C@H]1C[C@@]23C[C@@H]4[C@@H](OC[C@H](CO)C45CCCC5)[C@@H]4[C@H]2c2c(O)c(OC5CCCC5)cc5c2C#CC[C@@H]2C[C@]4(CO)C=C3[C@](/C=C/[C@H]3C[C@H]4C[C@]6(CO)C=CCC[C@@H]6C(CO)=C4C(=O)C[C@@H]53)(C1)c1cc(O)cc(c1)Cc1cccc(c1)C1(CCCCC1)NC(N)=N2. The molecule has 2 aliphatic heterocycles. The van der Waals surface area contributed by atoms with E-state index in [4.69, 9.17) is 20.2 Å². The van der Waals surface area contributed by atoms with Gasteiger partial charge in [0, 0.05) is 75.6 Å². The van der Waals surface area contributed by atoms with Crippen LogP contribution in [0.2, 0.25) is 0 Å². The summed E-state index contributed by atoms with van der Waals surface area (Å²) < 4.78 is 14.9. The van der Waals surface area contributed by atoms with Crippen LogP contribution in [0.1, 0.15) is 205 Å². The molecule has 11 aliphatic carbocycles. The topological polar surface area (TPSA) is 207 Å². The number of aromatic hydroxyl groups is 2. The van der Waals surface area contributed by atoms with Gasteiger partial charge in [-0.1, -0.05) is 117 Å². The normalized spacial score (nSPS) is 38.8. The third-order valence-corrected chi connectivity index (χ3v) is 26.9. The van der Waals surface area contributed by atoms with Crippen LogP contribution < -0.4 is 15.8 Å². The van der Waals surface area contributed by atoms with E-state index < -0.39 is 57.1 Å². The Morgan fingerprint density at radius 3 is 2.43 bits per heavy atom. The molecule has 0 radical (unpaired) electrons. The molecule has 3 aromatic carbocycles. The molecule has 1 saturated heterocycles. The highest BCUT2D eigenvalue weighted by Crippen LogP contribution is 2.78. The number of carbonyl (C=O) groups is 1. The summed E-state index contributed by atoms with van der Waals surface area (Å²) in [4.78, 5) is 21.8. The van der Waals surface area contributed by atoms with E-state index in [1.54, 1.807) is 0 Å². The van der Waals surface area contributed by atoms with Crippen molar-refractivity contribution in [1.29, 1.82) is 0 Å². The Morgan fingerprint density at radius 1 is 0.844 bits per heavy atom. The lowest BCUT2D eigenvalue weighted by Gasteiger charge is -2.71. The number of aliphatic hydroxyl groups excluding tert-OH is 4. The van der Waals surface area contributed by atoms with Crippen LogP contribution in [0.3, 0.4) is 0 Å². The predicted molar refractivity (Wildman–Crippen MR) is 347 cm³/mol. The van der Waals surface area contributed by atoms with Gasteiger partial charge < -0.3 is 51.2 Å². The van der Waals surface area contributed by atoms with Gasteiger partial charge in [0.2, 0.25) is 0 Å². The number of guanidine groups is 1. The second-order valence-electron chi connectivity index (χ2n) is 31.5. The van der Waals surface area contributed by atoms with Crippen LogP contribution in [-0.4, -0.2) is 93.7 Å². The van der Waals surface area contributed by atoms with E-state index in [0.29, 0.717) is 56.8 Å². The highest BCUT2D eigenvalue weighted by Gasteiger charge is 2.72. The number of rotatable bonds is 6. The molecular weight excluding hydrogens is 1120 g/mol. The van der Waals surface area contributed by atoms with Crippen molar-refractivity contribution in [2.24, 2.45) is 73.8 Å². The Bertz CT molecular complexity index is 3610. The molecular formula is C78H95N3O9. The number of nitrogens with zero attached hydrogens (tertiary/aromatic N) is 1. The van der Waals surface area contributed by atoms with Crippen LogP contribution in [0.5, 0.6) is 17.2 Å². The number of ketones is 1. The number of allylic oxidation sites excluding steroid dienone is 5. The van der Waals surface area contributed by atoms with Gasteiger partial charge in [0.1, 0.15) is 5.75 Å². The summed E-state index contributed by atoms with van der Waals surface area (Å²) in [5.41, 5.74) is 12.7. The average Bonchev–Trinajstić information content (AvgIpc) is 0.851. The van der Waals surface area contributed by atoms with Crippen LogP contribution in [0.15, 0.2) is 101 Å². The molecule has 476 valence electrons. The number of phenols is 2. The van der Waals surface area contributed by atoms with Gasteiger partial charge in [0.05, 0.1) is 50.2 Å².